The fourth-order valence-electron chi connectivity index (χ4n) is 4.11. The monoisotopic (exact) mass is 410 g/mol. The van der Waals surface area contributed by atoms with Crippen LogP contribution in [0.25, 0.3) is 11.4 Å². The number of amides is 1. The molecule has 0 N–H and O–H groups in total. The highest BCUT2D eigenvalue weighted by molar-refractivity contribution is 5.98. The fourth-order valence-corrected chi connectivity index (χ4v) is 4.11. The van der Waals surface area contributed by atoms with E-state index < -0.39 is 0 Å². The van der Waals surface area contributed by atoms with E-state index in [0.29, 0.717) is 12.2 Å². The Hall–Kier alpha value is -2.47. The minimum Gasteiger partial charge on any atom is -0.349 e. The Morgan fingerprint density at radius 2 is 1.80 bits per heavy atom. The molecule has 2 aromatic rings. The molecule has 1 atom stereocenters. The zero-order valence-electron chi connectivity index (χ0n) is 19.1. The number of imidazole rings is 1. The molecule has 0 saturated carbocycles. The lowest BCUT2D eigenvalue weighted by molar-refractivity contribution is -0.136. The Morgan fingerprint density at radius 1 is 1.13 bits per heavy atom. The maximum atomic E-state index is 13.5. The summed E-state index contributed by atoms with van der Waals surface area (Å²) in [5, 5.41) is 0. The molecule has 3 rings (SSSR count). The van der Waals surface area contributed by atoms with E-state index in [1.54, 1.807) is 19.0 Å². The Labute approximate surface area is 179 Å². The Bertz CT molecular complexity index is 909. The number of hydrogen-bond donors (Lipinski definition) is 0. The van der Waals surface area contributed by atoms with Crippen molar-refractivity contribution in [1.29, 1.82) is 0 Å². The molecule has 0 radical (unpaired) electrons. The van der Waals surface area contributed by atoms with E-state index in [2.05, 4.69) is 16.5 Å². The minimum absolute atomic E-state index is 0.0125. The molecule has 162 valence electrons. The number of hydrogen-bond acceptors (Lipinski definition) is 4. The number of nitrogens with zero attached hydrogens (tertiary/aromatic N) is 4. The number of Topliss-reactive ketones (excluding diaryl/α,β-unsaturated/α-hetero) is 1. The molecule has 1 aromatic carbocycles. The van der Waals surface area contributed by atoms with Crippen LogP contribution >= 0.6 is 0 Å². The first kappa shape index (κ1) is 22.2. The number of fused-ring (bicyclic) bond motifs is 1. The molecule has 6 nitrogen and oxygen atoms in total. The SMILES string of the molecule is CN1CCCn2c(-c3ccccc3)nc(C(=O)C[C@H](C(=O)N(C)C)C(C)(C)C)c2C1. The first-order chi connectivity index (χ1) is 14.1. The van der Waals surface area contributed by atoms with Crippen molar-refractivity contribution >= 4 is 11.7 Å². The van der Waals surface area contributed by atoms with Gasteiger partial charge in [-0.3, -0.25) is 9.59 Å². The molecule has 1 aliphatic heterocycles. The van der Waals surface area contributed by atoms with Gasteiger partial charge < -0.3 is 14.4 Å². The first-order valence-electron chi connectivity index (χ1n) is 10.7. The molecule has 1 aromatic heterocycles. The maximum Gasteiger partial charge on any atom is 0.226 e. The van der Waals surface area contributed by atoms with Crippen LogP contribution in [0.3, 0.4) is 0 Å². The topological polar surface area (TPSA) is 58.4 Å². The van der Waals surface area contributed by atoms with Crippen LogP contribution < -0.4 is 0 Å². The van der Waals surface area contributed by atoms with Crippen LogP contribution in [0.5, 0.6) is 0 Å². The molecule has 0 spiro atoms. The summed E-state index contributed by atoms with van der Waals surface area (Å²) in [5.41, 5.74) is 2.18. The van der Waals surface area contributed by atoms with Gasteiger partial charge in [0.25, 0.3) is 0 Å². The van der Waals surface area contributed by atoms with Gasteiger partial charge in [0.2, 0.25) is 5.91 Å². The highest BCUT2D eigenvalue weighted by Gasteiger charge is 2.36. The Balaban J connectivity index is 2.03. The number of carbonyl (C=O) groups is 2. The molecule has 1 aliphatic rings. The number of ketones is 1. The van der Waals surface area contributed by atoms with Gasteiger partial charge >= 0.3 is 0 Å². The molecule has 2 heterocycles. The molecule has 0 fully saturated rings. The first-order valence-corrected chi connectivity index (χ1v) is 10.7. The standard InChI is InChI=1S/C24H34N4O2/c1-24(2,3)18(23(30)26(4)5)15-20(29)21-19-16-27(6)13-10-14-28(19)22(25-21)17-11-8-7-9-12-17/h7-9,11-12,18H,10,13-16H2,1-6H3/t18-/m1/s1. The van der Waals surface area contributed by atoms with Gasteiger partial charge in [-0.1, -0.05) is 51.1 Å². The minimum atomic E-state index is -0.388. The number of benzene rings is 1. The summed E-state index contributed by atoms with van der Waals surface area (Å²) in [5.74, 6) is 0.393. The predicted molar refractivity (Wildman–Crippen MR) is 119 cm³/mol. The molecule has 1 amide bonds. The third-order valence-corrected chi connectivity index (χ3v) is 5.88. The van der Waals surface area contributed by atoms with Crippen molar-refractivity contribution in [1.82, 2.24) is 19.4 Å². The molecule has 6 heteroatoms. The zero-order valence-corrected chi connectivity index (χ0v) is 19.1. The summed E-state index contributed by atoms with van der Waals surface area (Å²) in [6.45, 7) is 8.55. The highest BCUT2D eigenvalue weighted by atomic mass is 16.2. The van der Waals surface area contributed by atoms with E-state index >= 15 is 0 Å². The van der Waals surface area contributed by atoms with Crippen LogP contribution in [0.1, 0.15) is 49.8 Å². The normalized spacial score (nSPS) is 15.9. The van der Waals surface area contributed by atoms with Gasteiger partial charge in [0, 0.05) is 39.2 Å². The van der Waals surface area contributed by atoms with E-state index in [1.165, 1.54) is 0 Å². The summed E-state index contributed by atoms with van der Waals surface area (Å²) < 4.78 is 2.20. The number of aromatic nitrogens is 2. The quantitative estimate of drug-likeness (QED) is 0.705. The average molecular weight is 411 g/mol. The van der Waals surface area contributed by atoms with Crippen LogP contribution in [-0.4, -0.2) is 58.7 Å². The summed E-state index contributed by atoms with van der Waals surface area (Å²) in [4.78, 5) is 35.0. The predicted octanol–water partition coefficient (Wildman–Crippen LogP) is 3.71. The third-order valence-electron chi connectivity index (χ3n) is 5.88. The van der Waals surface area contributed by atoms with Gasteiger partial charge in [0.15, 0.2) is 5.78 Å². The van der Waals surface area contributed by atoms with Crippen molar-refractivity contribution in [3.63, 3.8) is 0 Å². The molecular formula is C24H34N4O2. The Morgan fingerprint density at radius 3 is 2.40 bits per heavy atom. The summed E-state index contributed by atoms with van der Waals surface area (Å²) >= 11 is 0. The van der Waals surface area contributed by atoms with Crippen molar-refractivity contribution in [3.8, 4) is 11.4 Å². The second-order valence-corrected chi connectivity index (χ2v) is 9.62. The smallest absolute Gasteiger partial charge is 0.226 e. The van der Waals surface area contributed by atoms with Crippen LogP contribution in [0.4, 0.5) is 0 Å². The van der Waals surface area contributed by atoms with Crippen molar-refractivity contribution in [3.05, 3.63) is 41.7 Å². The van der Waals surface area contributed by atoms with E-state index in [-0.39, 0.29) is 29.4 Å². The van der Waals surface area contributed by atoms with Gasteiger partial charge in [0.1, 0.15) is 11.5 Å². The van der Waals surface area contributed by atoms with Gasteiger partial charge in [0.05, 0.1) is 11.6 Å². The number of rotatable bonds is 5. The van der Waals surface area contributed by atoms with E-state index in [9.17, 15) is 9.59 Å². The average Bonchev–Trinajstić information content (AvgIpc) is 2.92. The van der Waals surface area contributed by atoms with Gasteiger partial charge in [-0.2, -0.15) is 0 Å². The molecule has 0 saturated heterocycles. The van der Waals surface area contributed by atoms with Crippen LogP contribution in [0.2, 0.25) is 0 Å². The molecular weight excluding hydrogens is 376 g/mol. The third kappa shape index (κ3) is 4.64. The van der Waals surface area contributed by atoms with Gasteiger partial charge in [-0.05, 0) is 25.4 Å². The van der Waals surface area contributed by atoms with E-state index in [1.807, 2.05) is 51.1 Å². The molecule has 0 bridgehead atoms. The van der Waals surface area contributed by atoms with E-state index in [0.717, 1.165) is 36.6 Å². The summed E-state index contributed by atoms with van der Waals surface area (Å²) in [6.07, 6.45) is 1.18. The molecule has 0 unspecified atom stereocenters. The second kappa shape index (κ2) is 8.72. The summed E-state index contributed by atoms with van der Waals surface area (Å²) in [7, 11) is 5.57. The summed E-state index contributed by atoms with van der Waals surface area (Å²) in [6, 6.07) is 10.0. The van der Waals surface area contributed by atoms with Crippen LogP contribution in [-0.2, 0) is 17.9 Å². The zero-order chi connectivity index (χ0) is 22.1. The van der Waals surface area contributed by atoms with Crippen molar-refractivity contribution < 1.29 is 9.59 Å². The second-order valence-electron chi connectivity index (χ2n) is 9.62. The van der Waals surface area contributed by atoms with E-state index in [4.69, 9.17) is 4.98 Å². The van der Waals surface area contributed by atoms with Crippen LogP contribution in [0.15, 0.2) is 30.3 Å². The molecule has 0 aliphatic carbocycles. The Kier molecular flexibility index (Phi) is 6.46. The molecule has 30 heavy (non-hydrogen) atoms. The fraction of sp³-hybridized carbons (Fsp3) is 0.542. The number of carbonyl (C=O) groups excluding carboxylic acids is 2. The van der Waals surface area contributed by atoms with Crippen LogP contribution in [0, 0.1) is 11.3 Å². The lowest BCUT2D eigenvalue weighted by Crippen LogP contribution is -2.38. The van der Waals surface area contributed by atoms with Gasteiger partial charge in [-0.25, -0.2) is 4.98 Å². The van der Waals surface area contributed by atoms with Crippen molar-refractivity contribution in [2.24, 2.45) is 11.3 Å². The lowest BCUT2D eigenvalue weighted by atomic mass is 9.76. The van der Waals surface area contributed by atoms with Crippen molar-refractivity contribution in [2.45, 2.75) is 46.7 Å². The highest BCUT2D eigenvalue weighted by Crippen LogP contribution is 2.33. The van der Waals surface area contributed by atoms with Gasteiger partial charge in [-0.15, -0.1) is 0 Å². The maximum absolute atomic E-state index is 13.5. The van der Waals surface area contributed by atoms with Crippen molar-refractivity contribution in [2.75, 3.05) is 27.7 Å². The largest absolute Gasteiger partial charge is 0.349 e. The lowest BCUT2D eigenvalue weighted by Gasteiger charge is -2.31.